The van der Waals surface area contributed by atoms with Crippen LogP contribution in [0.1, 0.15) is 11.1 Å². The number of sulfonamides is 1. The van der Waals surface area contributed by atoms with Gasteiger partial charge in [0.2, 0.25) is 0 Å². The van der Waals surface area contributed by atoms with E-state index in [-0.39, 0.29) is 21.7 Å². The summed E-state index contributed by atoms with van der Waals surface area (Å²) in [5.74, 6) is 0.801. The average Bonchev–Trinajstić information content (AvgIpc) is 2.83. The van der Waals surface area contributed by atoms with Gasteiger partial charge in [-0.1, -0.05) is 0 Å². The number of nitrogens with zero attached hydrogens (tertiary/aromatic N) is 4. The molecule has 1 aliphatic heterocycles. The molecule has 0 aliphatic carbocycles. The predicted octanol–water partition coefficient (Wildman–Crippen LogP) is 3.54. The van der Waals surface area contributed by atoms with E-state index < -0.39 is 15.8 Å². The van der Waals surface area contributed by atoms with E-state index in [0.717, 1.165) is 36.7 Å². The molecule has 8 nitrogen and oxygen atoms in total. The summed E-state index contributed by atoms with van der Waals surface area (Å²) in [5.41, 5.74) is 1.82. The van der Waals surface area contributed by atoms with Crippen LogP contribution in [0.5, 0.6) is 5.75 Å². The van der Waals surface area contributed by atoms with Crippen molar-refractivity contribution < 1.29 is 17.5 Å². The molecule has 34 heavy (non-hydrogen) atoms. The van der Waals surface area contributed by atoms with E-state index in [0.29, 0.717) is 18.9 Å². The van der Waals surface area contributed by atoms with Gasteiger partial charge < -0.3 is 14.5 Å². The molecule has 1 aliphatic rings. The highest BCUT2D eigenvalue weighted by atomic mass is 32.2. The van der Waals surface area contributed by atoms with E-state index >= 15 is 0 Å². The molecule has 1 aromatic heterocycles. The van der Waals surface area contributed by atoms with E-state index in [2.05, 4.69) is 20.7 Å². The van der Waals surface area contributed by atoms with Gasteiger partial charge >= 0.3 is 0 Å². The second kappa shape index (κ2) is 9.57. The maximum absolute atomic E-state index is 13.4. The third-order valence-corrected chi connectivity index (χ3v) is 7.22. The Labute approximate surface area is 198 Å². The van der Waals surface area contributed by atoms with Crippen LogP contribution in [0.15, 0.2) is 59.6 Å². The zero-order valence-corrected chi connectivity index (χ0v) is 19.6. The highest BCUT2D eigenvalue weighted by molar-refractivity contribution is 7.92. The van der Waals surface area contributed by atoms with Crippen LogP contribution in [0.3, 0.4) is 0 Å². The Morgan fingerprint density at radius 2 is 1.74 bits per heavy atom. The van der Waals surface area contributed by atoms with Crippen LogP contribution in [0.2, 0.25) is 0 Å². The number of hydrogen-bond donors (Lipinski definition) is 1. The molecule has 1 N–H and O–H groups in total. The first-order valence-corrected chi connectivity index (χ1v) is 12.1. The number of anilines is 3. The Morgan fingerprint density at radius 1 is 1.06 bits per heavy atom. The molecule has 10 heteroatoms. The second-order valence-electron chi connectivity index (χ2n) is 7.89. The van der Waals surface area contributed by atoms with Crippen LogP contribution in [-0.4, -0.2) is 46.7 Å². The molecule has 0 saturated carbocycles. The van der Waals surface area contributed by atoms with E-state index in [1.165, 1.54) is 25.3 Å². The zero-order valence-electron chi connectivity index (χ0n) is 18.8. The van der Waals surface area contributed by atoms with Gasteiger partial charge in [-0.2, -0.15) is 5.26 Å². The first-order chi connectivity index (χ1) is 16.3. The molecule has 2 heterocycles. The zero-order chi connectivity index (χ0) is 24.3. The minimum absolute atomic E-state index is 0.0360. The summed E-state index contributed by atoms with van der Waals surface area (Å²) in [7, 11) is -2.33. The number of piperazine rings is 1. The number of pyridine rings is 1. The number of halogens is 1. The third-order valence-electron chi connectivity index (χ3n) is 5.68. The van der Waals surface area contributed by atoms with Gasteiger partial charge in [-0.3, -0.25) is 4.72 Å². The van der Waals surface area contributed by atoms with Crippen molar-refractivity contribution in [2.45, 2.75) is 11.8 Å². The third kappa shape index (κ3) is 4.89. The maximum Gasteiger partial charge on any atom is 0.262 e. The van der Waals surface area contributed by atoms with Gasteiger partial charge in [-0.15, -0.1) is 0 Å². The smallest absolute Gasteiger partial charge is 0.262 e. The molecule has 176 valence electrons. The Bertz CT molecular complexity index is 1330. The predicted molar refractivity (Wildman–Crippen MR) is 128 cm³/mol. The van der Waals surface area contributed by atoms with Crippen molar-refractivity contribution in [3.63, 3.8) is 0 Å². The summed E-state index contributed by atoms with van der Waals surface area (Å²) < 4.78 is 46.5. The van der Waals surface area contributed by atoms with Crippen molar-refractivity contribution in [2.24, 2.45) is 0 Å². The van der Waals surface area contributed by atoms with Gasteiger partial charge in [0, 0.05) is 31.9 Å². The van der Waals surface area contributed by atoms with E-state index in [1.54, 1.807) is 7.11 Å². The lowest BCUT2D eigenvalue weighted by Crippen LogP contribution is -2.47. The molecule has 0 bridgehead atoms. The Balaban J connectivity index is 1.48. The summed E-state index contributed by atoms with van der Waals surface area (Å²) >= 11 is 0. The van der Waals surface area contributed by atoms with Gasteiger partial charge in [0.05, 0.1) is 29.5 Å². The minimum Gasteiger partial charge on any atom is -0.497 e. The normalized spacial score (nSPS) is 13.9. The van der Waals surface area contributed by atoms with Crippen LogP contribution >= 0.6 is 0 Å². The van der Waals surface area contributed by atoms with Crippen molar-refractivity contribution in [1.82, 2.24) is 4.98 Å². The lowest BCUT2D eigenvalue weighted by Gasteiger charge is -2.37. The number of rotatable bonds is 6. The molecule has 0 amide bonds. The maximum atomic E-state index is 13.4. The van der Waals surface area contributed by atoms with Crippen molar-refractivity contribution in [2.75, 3.05) is 47.8 Å². The fourth-order valence-electron chi connectivity index (χ4n) is 3.94. The number of benzene rings is 2. The van der Waals surface area contributed by atoms with Gasteiger partial charge in [0.15, 0.2) is 0 Å². The highest BCUT2D eigenvalue weighted by Crippen LogP contribution is 2.26. The lowest BCUT2D eigenvalue weighted by molar-refractivity contribution is 0.415. The molecule has 0 unspecified atom stereocenters. The number of nitrogens with one attached hydrogen (secondary N) is 1. The summed E-state index contributed by atoms with van der Waals surface area (Å²) in [6, 6.07) is 14.9. The SMILES string of the molecule is COc1ccc(N2CCN(c3ncc(NS(=O)(=O)c4ccc(F)cc4C)cc3C#N)CC2)cc1. The standard InChI is InChI=1S/C24H24FN5O3S/c1-17-13-19(25)3-8-23(17)34(31,32)28-20-14-18(15-26)24(27-16-20)30-11-9-29(10-12-30)21-4-6-22(33-2)7-5-21/h3-8,13-14,16,28H,9-12H2,1-2H3. The van der Waals surface area contributed by atoms with Crippen molar-refractivity contribution in [3.8, 4) is 11.8 Å². The summed E-state index contributed by atoms with van der Waals surface area (Å²) in [4.78, 5) is 8.61. The van der Waals surface area contributed by atoms with Gasteiger partial charge in [-0.05, 0) is 61.0 Å². The van der Waals surface area contributed by atoms with Gasteiger partial charge in [0.1, 0.15) is 23.5 Å². The van der Waals surface area contributed by atoms with Crippen LogP contribution in [0, 0.1) is 24.1 Å². The molecular weight excluding hydrogens is 457 g/mol. The summed E-state index contributed by atoms with van der Waals surface area (Å²) in [5, 5.41) is 9.69. The van der Waals surface area contributed by atoms with Crippen molar-refractivity contribution >= 4 is 27.2 Å². The van der Waals surface area contributed by atoms with Crippen molar-refractivity contribution in [1.29, 1.82) is 5.26 Å². The van der Waals surface area contributed by atoms with Crippen LogP contribution < -0.4 is 19.3 Å². The summed E-state index contributed by atoms with van der Waals surface area (Å²) in [6.45, 7) is 4.33. The quantitative estimate of drug-likeness (QED) is 0.575. The van der Waals surface area contributed by atoms with Crippen molar-refractivity contribution in [3.05, 3.63) is 71.7 Å². The first-order valence-electron chi connectivity index (χ1n) is 10.6. The molecule has 0 radical (unpaired) electrons. The van der Waals surface area contributed by atoms with Gasteiger partial charge in [-0.25, -0.2) is 17.8 Å². The Morgan fingerprint density at radius 3 is 2.35 bits per heavy atom. The number of aryl methyl sites for hydroxylation is 1. The fraction of sp³-hybridized carbons (Fsp3) is 0.250. The monoisotopic (exact) mass is 481 g/mol. The molecule has 0 atom stereocenters. The Kier molecular flexibility index (Phi) is 6.56. The van der Waals surface area contributed by atoms with E-state index in [4.69, 9.17) is 4.74 Å². The van der Waals surface area contributed by atoms with Crippen LogP contribution in [0.25, 0.3) is 0 Å². The number of nitriles is 1. The Hall–Kier alpha value is -3.84. The first kappa shape index (κ1) is 23.3. The molecular formula is C24H24FN5O3S. The molecule has 1 saturated heterocycles. The highest BCUT2D eigenvalue weighted by Gasteiger charge is 2.23. The van der Waals surface area contributed by atoms with E-state index in [1.807, 2.05) is 29.2 Å². The lowest BCUT2D eigenvalue weighted by atomic mass is 10.2. The van der Waals surface area contributed by atoms with E-state index in [9.17, 15) is 18.1 Å². The average molecular weight is 482 g/mol. The largest absolute Gasteiger partial charge is 0.497 e. The minimum atomic E-state index is -3.96. The molecule has 3 aromatic rings. The number of aromatic nitrogens is 1. The molecule has 4 rings (SSSR count). The molecule has 2 aromatic carbocycles. The molecule has 1 fully saturated rings. The van der Waals surface area contributed by atoms with Crippen LogP contribution in [0.4, 0.5) is 21.6 Å². The second-order valence-corrected chi connectivity index (χ2v) is 9.55. The molecule has 0 spiro atoms. The number of hydrogen-bond acceptors (Lipinski definition) is 7. The summed E-state index contributed by atoms with van der Waals surface area (Å²) in [6.07, 6.45) is 1.39. The fourth-order valence-corrected chi connectivity index (χ4v) is 5.20. The van der Waals surface area contributed by atoms with Crippen LogP contribution in [-0.2, 0) is 10.0 Å². The number of methoxy groups -OCH3 is 1. The van der Waals surface area contributed by atoms with Gasteiger partial charge in [0.25, 0.3) is 10.0 Å². The topological polar surface area (TPSA) is 98.6 Å². The number of ether oxygens (including phenoxy) is 1.